The van der Waals surface area contributed by atoms with Crippen molar-refractivity contribution in [3.05, 3.63) is 212 Å². The van der Waals surface area contributed by atoms with Gasteiger partial charge in [0.1, 0.15) is 24.2 Å². The highest BCUT2D eigenvalue weighted by atomic mass is 35.5. The lowest BCUT2D eigenvalue weighted by Gasteiger charge is -2.30. The molecule has 122 heavy (non-hydrogen) atoms. The first-order chi connectivity index (χ1) is 56.1. The molecular formula is C70H78Cl7N18O24P3. The average Bonchev–Trinajstić information content (AvgIpc) is 0.792. The molecule has 9 aromatic rings. The van der Waals surface area contributed by atoms with Crippen LogP contribution in [0.4, 0.5) is 0 Å². The van der Waals surface area contributed by atoms with Crippen molar-refractivity contribution < 1.29 is 69.7 Å². The molecule has 0 unspecified atom stereocenters. The lowest BCUT2D eigenvalue weighted by molar-refractivity contribution is -0.00854. The Balaban J connectivity index is 0.000000266. The number of hydrogen-bond acceptors (Lipinski definition) is 30. The van der Waals surface area contributed by atoms with Crippen LogP contribution in [0, 0.1) is 34.0 Å². The van der Waals surface area contributed by atoms with Gasteiger partial charge >= 0.3 is 40.5 Å². The lowest BCUT2D eigenvalue weighted by atomic mass is 10.1. The minimum Gasteiger partial charge on any atom is -0.434 e. The molecule has 0 aliphatic rings. The number of nitrogens with one attached hydrogen (secondary N) is 3. The molecule has 0 saturated heterocycles. The van der Waals surface area contributed by atoms with Crippen molar-refractivity contribution in [1.82, 2.24) is 73.6 Å². The van der Waals surface area contributed by atoms with E-state index in [1.54, 1.807) is 129 Å². The number of benzene rings is 3. The standard InChI is InChI=1S/C26H31Cl2N6O8P.C18H13Cl3N6O4.C18H15Cl2N6O8P.C8H19O4P/c1-14(2)16-11-20(32-33(23(16)36)13-39-43(38,41-25(3,4)5)42-26(6,7)8)40-21-17(27)9-15(10-18(21)28)34-24(37)30-22(35)19(12-29)31-34;1-8(2)10-5-14(25-26(7-19)17(10)29)31-15-11(20)3-9(4-12(15)21)27-18(30)23-16(28)13(6-22)24-27;1-8(2)10-5-14(24-25(17(10)28)7-33-35(30,31)32)34-15-11(19)3-9(4-12(15)20)26-18(29)22-16(27)13(6-21)23-26;1-7(2,3)11-13(9,10)12-8(4,5)6/h9-11,14H,13H2,1-8H3,(H,30,35,37);3-5,8H,7H2,1-2H3,(H,23,28,30);3-5,8H,7H2,1-2H3,(H,22,27,29)(H2,30,31,32);1-6H3,(H,9,10). The lowest BCUT2D eigenvalue weighted by Crippen LogP contribution is -2.33. The van der Waals surface area contributed by atoms with Gasteiger partial charge in [-0.05, 0) is 137 Å². The van der Waals surface area contributed by atoms with Gasteiger partial charge in [0.15, 0.2) is 30.7 Å². The molecule has 656 valence electrons. The molecule has 0 saturated carbocycles. The number of nitrogens with zero attached hydrogens (tertiary/aromatic N) is 15. The van der Waals surface area contributed by atoms with E-state index < -0.39 is 121 Å². The highest BCUT2D eigenvalue weighted by Gasteiger charge is 2.39. The number of H-pyrrole nitrogens is 3. The van der Waals surface area contributed by atoms with E-state index in [2.05, 4.69) is 35.1 Å². The number of phosphoric ester groups is 3. The van der Waals surface area contributed by atoms with E-state index in [1.165, 1.54) is 54.6 Å². The fraction of sp³-hybridized carbons (Fsp3) is 0.400. The molecule has 6 N–H and O–H groups in total. The van der Waals surface area contributed by atoms with Gasteiger partial charge < -0.3 is 28.9 Å². The van der Waals surface area contributed by atoms with Crippen molar-refractivity contribution in [2.75, 3.05) is 0 Å². The first-order valence-corrected chi connectivity index (χ1v) is 42.3. The van der Waals surface area contributed by atoms with Crippen LogP contribution in [-0.4, -0.2) is 111 Å². The highest BCUT2D eigenvalue weighted by molar-refractivity contribution is 7.48. The largest absolute Gasteiger partial charge is 0.477 e. The Hall–Kier alpha value is -9.64. The Kier molecular flexibility index (Phi) is 33.8. The van der Waals surface area contributed by atoms with E-state index >= 15 is 0 Å². The summed E-state index contributed by atoms with van der Waals surface area (Å²) >= 11 is 43.8. The second-order valence-electron chi connectivity index (χ2n) is 30.0. The molecule has 0 amide bonds. The van der Waals surface area contributed by atoms with E-state index in [9.17, 15) is 61.7 Å². The number of nitriles is 3. The minimum absolute atomic E-state index is 0.000873. The molecule has 0 fully saturated rings. The number of aromatic nitrogens is 15. The monoisotopic (exact) mass is 1890 g/mol. The Morgan fingerprint density at radius 3 is 0.877 bits per heavy atom. The molecular weight excluding hydrogens is 1820 g/mol. The quantitative estimate of drug-likeness (QED) is 0.0256. The molecule has 3 aromatic carbocycles. The van der Waals surface area contributed by atoms with Crippen LogP contribution in [0.3, 0.4) is 0 Å². The van der Waals surface area contributed by atoms with Gasteiger partial charge in [-0.1, -0.05) is 111 Å². The SMILES string of the molecule is CC(C)(C)OP(=O)(O)OC(C)(C)C.CC(C)c1cc(Oc2c(Cl)cc(-n3nc(C#N)c(=O)[nH]c3=O)cc2Cl)nn(CCl)c1=O.CC(C)c1cc(Oc2c(Cl)cc(-n3nc(C#N)c(=O)[nH]c3=O)cc2Cl)nn(COP(=O)(O)O)c1=O.CC(C)c1cc(Oc2c(Cl)cc(-n3nc(C#N)c(=O)[nH]c3=O)cc2Cl)nn(COP(=O)(OC(C)(C)C)OC(C)(C)C)c1=O. The molecule has 42 nitrogen and oxygen atoms in total. The molecule has 0 bridgehead atoms. The van der Waals surface area contributed by atoms with Crippen molar-refractivity contribution in [1.29, 1.82) is 15.8 Å². The van der Waals surface area contributed by atoms with Crippen LogP contribution in [0.5, 0.6) is 34.9 Å². The number of phosphoric acid groups is 3. The molecule has 52 heteroatoms. The van der Waals surface area contributed by atoms with Crippen molar-refractivity contribution in [2.45, 2.75) is 184 Å². The molecule has 6 aromatic heterocycles. The van der Waals surface area contributed by atoms with Gasteiger partial charge in [0.25, 0.3) is 33.4 Å². The summed E-state index contributed by atoms with van der Waals surface area (Å²) in [7, 11) is -13.0. The van der Waals surface area contributed by atoms with Crippen LogP contribution < -0.4 is 64.6 Å². The summed E-state index contributed by atoms with van der Waals surface area (Å²) in [5.74, 6) is -1.23. The van der Waals surface area contributed by atoms with Crippen LogP contribution in [0.25, 0.3) is 17.1 Å². The van der Waals surface area contributed by atoms with Crippen LogP contribution in [0.1, 0.15) is 176 Å². The Morgan fingerprint density at radius 1 is 0.402 bits per heavy atom. The van der Waals surface area contributed by atoms with Crippen molar-refractivity contribution in [3.63, 3.8) is 0 Å². The van der Waals surface area contributed by atoms with E-state index in [0.29, 0.717) is 14.9 Å². The normalized spacial score (nSPS) is 12.0. The molecule has 0 spiro atoms. The molecule has 0 aliphatic heterocycles. The maximum atomic E-state index is 13.5. The van der Waals surface area contributed by atoms with Gasteiger partial charge in [-0.3, -0.25) is 70.9 Å². The van der Waals surface area contributed by atoms with Crippen molar-refractivity contribution >= 4 is 105 Å². The predicted octanol–water partition coefficient (Wildman–Crippen LogP) is 12.4. The average molecular weight is 1900 g/mol. The highest BCUT2D eigenvalue weighted by Crippen LogP contribution is 2.56. The van der Waals surface area contributed by atoms with E-state index in [4.69, 9.17) is 144 Å². The second-order valence-corrected chi connectivity index (χ2v) is 36.7. The third-order valence-corrected chi connectivity index (χ3v) is 20.2. The zero-order chi connectivity index (χ0) is 92.4. The molecule has 0 aliphatic carbocycles. The van der Waals surface area contributed by atoms with Crippen molar-refractivity contribution in [3.8, 4) is 70.2 Å². The van der Waals surface area contributed by atoms with E-state index in [-0.39, 0.29) is 123 Å². The maximum absolute atomic E-state index is 13.5. The summed E-state index contributed by atoms with van der Waals surface area (Å²) in [4.78, 5) is 142. The fourth-order valence-corrected chi connectivity index (χ4v) is 14.8. The van der Waals surface area contributed by atoms with E-state index in [1.807, 2.05) is 28.8 Å². The van der Waals surface area contributed by atoms with Crippen molar-refractivity contribution in [2.24, 2.45) is 0 Å². The second kappa shape index (κ2) is 40.8. The number of halogens is 7. The number of rotatable bonds is 23. The number of alkyl halides is 1. The Labute approximate surface area is 725 Å². The van der Waals surface area contributed by atoms with Gasteiger partial charge in [-0.25, -0.2) is 32.8 Å². The number of ether oxygens (including phenoxy) is 3. The molecule has 9 rings (SSSR count). The van der Waals surface area contributed by atoms with Crippen LogP contribution >= 0.6 is 105 Å². The molecule has 0 radical (unpaired) electrons. The Bertz CT molecular complexity index is 6240. The van der Waals surface area contributed by atoms with Crippen LogP contribution in [0.2, 0.25) is 30.1 Å². The first kappa shape index (κ1) is 101. The Morgan fingerprint density at radius 2 is 0.648 bits per heavy atom. The summed E-state index contributed by atoms with van der Waals surface area (Å²) < 4.78 is 88.8. The summed E-state index contributed by atoms with van der Waals surface area (Å²) in [6, 6.07) is 16.3. The topological polar surface area (TPSA) is 574 Å². The maximum Gasteiger partial charge on any atom is 0.477 e. The number of hydrogen-bond donors (Lipinski definition) is 6. The summed E-state index contributed by atoms with van der Waals surface area (Å²) in [6.07, 6.45) is 0. The summed E-state index contributed by atoms with van der Waals surface area (Å²) in [5, 5.41) is 49.7. The minimum atomic E-state index is -4.89. The van der Waals surface area contributed by atoms with Gasteiger partial charge in [-0.15, -0.1) is 42.2 Å². The zero-order valence-corrected chi connectivity index (χ0v) is 75.6. The first-order valence-electron chi connectivity index (χ1n) is 35.0. The van der Waals surface area contributed by atoms with Gasteiger partial charge in [0.2, 0.25) is 34.7 Å². The van der Waals surface area contributed by atoms with Crippen LogP contribution in [-0.2, 0) is 60.3 Å². The third-order valence-electron chi connectivity index (χ3n) is 14.3. The third kappa shape index (κ3) is 28.7. The van der Waals surface area contributed by atoms with Gasteiger partial charge in [0.05, 0.1) is 69.6 Å². The van der Waals surface area contributed by atoms with Crippen LogP contribution in [0.15, 0.2) is 97.7 Å². The smallest absolute Gasteiger partial charge is 0.434 e. The summed E-state index contributed by atoms with van der Waals surface area (Å²) in [6.45, 7) is 29.4. The number of aromatic amines is 3. The zero-order valence-electron chi connectivity index (χ0n) is 67.7. The van der Waals surface area contributed by atoms with Gasteiger partial charge in [-0.2, -0.15) is 39.2 Å². The molecule has 6 heterocycles. The van der Waals surface area contributed by atoms with E-state index in [0.717, 1.165) is 18.7 Å². The summed E-state index contributed by atoms with van der Waals surface area (Å²) in [5.41, 5.74) is -10.9. The van der Waals surface area contributed by atoms with Gasteiger partial charge in [0, 0.05) is 34.9 Å². The molecule has 0 atom stereocenters. The fourth-order valence-electron chi connectivity index (χ4n) is 9.52. The predicted molar refractivity (Wildman–Crippen MR) is 444 cm³/mol.